The van der Waals surface area contributed by atoms with Crippen LogP contribution in [0.1, 0.15) is 16.7 Å². The van der Waals surface area contributed by atoms with Crippen LogP contribution in [-0.4, -0.2) is 37.0 Å². The fraction of sp³-hybridized carbons (Fsp3) is 0.350. The van der Waals surface area contributed by atoms with E-state index in [1.807, 2.05) is 32.9 Å². The number of imidazole rings is 1. The van der Waals surface area contributed by atoms with Crippen molar-refractivity contribution in [3.63, 3.8) is 0 Å². The molecule has 0 atom stereocenters. The van der Waals surface area contributed by atoms with Gasteiger partial charge < -0.3 is 10.6 Å². The van der Waals surface area contributed by atoms with Gasteiger partial charge >= 0.3 is 5.69 Å². The Balaban J connectivity index is 1.74. The molecule has 0 radical (unpaired) electrons. The molecule has 164 valence electrons. The van der Waals surface area contributed by atoms with Crippen molar-refractivity contribution in [3.05, 3.63) is 54.9 Å². The number of carbonyl (C=O) groups is 2. The summed E-state index contributed by atoms with van der Waals surface area (Å²) in [4.78, 5) is 53.3. The average Bonchev–Trinajstić information content (AvgIpc) is 3.02. The number of halogens is 1. The number of benzene rings is 1. The van der Waals surface area contributed by atoms with E-state index in [-0.39, 0.29) is 35.4 Å². The molecule has 0 bridgehead atoms. The van der Waals surface area contributed by atoms with Crippen molar-refractivity contribution >= 4 is 40.3 Å². The number of aromatic nitrogens is 4. The standard InChI is InChI=1S/C20H23ClN6O4/c1-10-6-11(2)15(12(3)7-10)23-13(28)8-22-14(29)9-27-16-17(24-19(27)21)25(4)20(31)26(5)18(16)30/h6-7H,8-9H2,1-5H3,(H,22,29)(H,23,28). The zero-order valence-electron chi connectivity index (χ0n) is 17.9. The number of anilines is 1. The molecule has 0 aliphatic heterocycles. The lowest BCUT2D eigenvalue weighted by molar-refractivity contribution is -0.124. The summed E-state index contributed by atoms with van der Waals surface area (Å²) in [5.41, 5.74) is 2.59. The van der Waals surface area contributed by atoms with Crippen molar-refractivity contribution in [2.24, 2.45) is 14.1 Å². The van der Waals surface area contributed by atoms with Crippen LogP contribution in [0.3, 0.4) is 0 Å². The van der Waals surface area contributed by atoms with Crippen LogP contribution in [0.5, 0.6) is 0 Å². The molecule has 0 aliphatic rings. The van der Waals surface area contributed by atoms with E-state index in [2.05, 4.69) is 15.6 Å². The number of carbonyl (C=O) groups excluding carboxylic acids is 2. The molecule has 0 saturated carbocycles. The summed E-state index contributed by atoms with van der Waals surface area (Å²) in [6.45, 7) is 5.18. The van der Waals surface area contributed by atoms with Crippen molar-refractivity contribution in [2.75, 3.05) is 11.9 Å². The Labute approximate surface area is 182 Å². The van der Waals surface area contributed by atoms with Gasteiger partial charge in [0.05, 0.1) is 6.54 Å². The second-order valence-corrected chi connectivity index (χ2v) is 7.78. The van der Waals surface area contributed by atoms with Crippen molar-refractivity contribution in [3.8, 4) is 0 Å². The first-order valence-electron chi connectivity index (χ1n) is 9.47. The maximum atomic E-state index is 12.5. The van der Waals surface area contributed by atoms with Crippen molar-refractivity contribution in [2.45, 2.75) is 27.3 Å². The van der Waals surface area contributed by atoms with Crippen LogP contribution >= 0.6 is 11.6 Å². The van der Waals surface area contributed by atoms with Crippen molar-refractivity contribution < 1.29 is 9.59 Å². The van der Waals surface area contributed by atoms with E-state index in [0.29, 0.717) is 5.69 Å². The summed E-state index contributed by atoms with van der Waals surface area (Å²) in [7, 11) is 2.78. The highest BCUT2D eigenvalue weighted by molar-refractivity contribution is 6.29. The van der Waals surface area contributed by atoms with Gasteiger partial charge in [0.1, 0.15) is 6.54 Å². The molecule has 11 heteroatoms. The quantitative estimate of drug-likeness (QED) is 0.561. The molecule has 2 N–H and O–H groups in total. The predicted octanol–water partition coefficient (Wildman–Crippen LogP) is 0.767. The largest absolute Gasteiger partial charge is 0.345 e. The molecule has 0 spiro atoms. The van der Waals surface area contributed by atoms with Crippen molar-refractivity contribution in [1.82, 2.24) is 24.0 Å². The molecule has 0 unspecified atom stereocenters. The van der Waals surface area contributed by atoms with Gasteiger partial charge in [-0.2, -0.15) is 4.98 Å². The van der Waals surface area contributed by atoms with Crippen LogP contribution < -0.4 is 21.9 Å². The fourth-order valence-electron chi connectivity index (χ4n) is 3.50. The fourth-order valence-corrected chi connectivity index (χ4v) is 3.73. The first-order chi connectivity index (χ1) is 14.5. The maximum Gasteiger partial charge on any atom is 0.332 e. The molecule has 1 aromatic carbocycles. The molecule has 31 heavy (non-hydrogen) atoms. The summed E-state index contributed by atoms with van der Waals surface area (Å²) in [5.74, 6) is -0.923. The molecule has 0 fully saturated rings. The second kappa shape index (κ2) is 8.38. The molecule has 0 saturated heterocycles. The number of hydrogen-bond acceptors (Lipinski definition) is 5. The van der Waals surface area contributed by atoms with Crippen LogP contribution in [-0.2, 0) is 30.2 Å². The van der Waals surface area contributed by atoms with Crippen LogP contribution in [0.15, 0.2) is 21.7 Å². The SMILES string of the molecule is Cc1cc(C)c(NC(=O)CNC(=O)Cn2c(Cl)nc3c2c(=O)n(C)c(=O)n3C)c(C)c1. The number of aryl methyl sites for hydroxylation is 4. The summed E-state index contributed by atoms with van der Waals surface area (Å²) < 4.78 is 3.30. The maximum absolute atomic E-state index is 12.5. The first-order valence-corrected chi connectivity index (χ1v) is 9.85. The van der Waals surface area contributed by atoms with E-state index < -0.39 is 17.2 Å². The summed E-state index contributed by atoms with van der Waals surface area (Å²) in [6, 6.07) is 3.92. The van der Waals surface area contributed by atoms with E-state index in [0.717, 1.165) is 21.3 Å². The highest BCUT2D eigenvalue weighted by atomic mass is 35.5. The molecular formula is C20H23ClN6O4. The molecular weight excluding hydrogens is 424 g/mol. The molecule has 2 aromatic heterocycles. The van der Waals surface area contributed by atoms with Gasteiger partial charge in [0.2, 0.25) is 17.1 Å². The molecule has 3 rings (SSSR count). The monoisotopic (exact) mass is 446 g/mol. The Kier molecular flexibility index (Phi) is 6.03. The van der Waals surface area contributed by atoms with Crippen LogP contribution in [0.25, 0.3) is 11.2 Å². The predicted molar refractivity (Wildman–Crippen MR) is 118 cm³/mol. The Morgan fingerprint density at radius 2 is 1.65 bits per heavy atom. The molecule has 2 amide bonds. The van der Waals surface area contributed by atoms with E-state index in [1.165, 1.54) is 23.2 Å². The molecule has 0 aliphatic carbocycles. The lowest BCUT2D eigenvalue weighted by Gasteiger charge is -2.13. The first kappa shape index (κ1) is 22.3. The van der Waals surface area contributed by atoms with E-state index in [1.54, 1.807) is 0 Å². The summed E-state index contributed by atoms with van der Waals surface area (Å²) >= 11 is 6.11. The zero-order chi connectivity index (χ0) is 23.0. The number of nitrogens with zero attached hydrogens (tertiary/aromatic N) is 4. The van der Waals surface area contributed by atoms with E-state index in [9.17, 15) is 19.2 Å². The Morgan fingerprint density at radius 3 is 2.26 bits per heavy atom. The third-order valence-electron chi connectivity index (χ3n) is 4.99. The van der Waals surface area contributed by atoms with Gasteiger partial charge in [0.15, 0.2) is 11.2 Å². The summed E-state index contributed by atoms with van der Waals surface area (Å²) in [6.07, 6.45) is 0. The molecule has 2 heterocycles. The van der Waals surface area contributed by atoms with Gasteiger partial charge in [-0.15, -0.1) is 0 Å². The number of hydrogen-bond donors (Lipinski definition) is 2. The smallest absolute Gasteiger partial charge is 0.332 e. The number of fused-ring (bicyclic) bond motifs is 1. The van der Waals surface area contributed by atoms with E-state index >= 15 is 0 Å². The third kappa shape index (κ3) is 4.24. The number of nitrogens with one attached hydrogen (secondary N) is 2. The average molecular weight is 447 g/mol. The Bertz CT molecular complexity index is 1310. The second-order valence-electron chi connectivity index (χ2n) is 7.44. The van der Waals surface area contributed by atoms with Gasteiger partial charge in [-0.25, -0.2) is 4.79 Å². The molecule has 3 aromatic rings. The van der Waals surface area contributed by atoms with Gasteiger partial charge in [-0.1, -0.05) is 17.7 Å². The zero-order valence-corrected chi connectivity index (χ0v) is 18.6. The van der Waals surface area contributed by atoms with Crippen molar-refractivity contribution in [1.29, 1.82) is 0 Å². The van der Waals surface area contributed by atoms with Gasteiger partial charge in [-0.3, -0.25) is 28.1 Å². The topological polar surface area (TPSA) is 120 Å². The minimum Gasteiger partial charge on any atom is -0.345 e. The van der Waals surface area contributed by atoms with Gasteiger partial charge in [0, 0.05) is 19.8 Å². The van der Waals surface area contributed by atoms with Crippen LogP contribution in [0.4, 0.5) is 5.69 Å². The van der Waals surface area contributed by atoms with Gasteiger partial charge in [-0.05, 0) is 43.5 Å². The van der Waals surface area contributed by atoms with E-state index in [4.69, 9.17) is 11.6 Å². The number of amides is 2. The normalized spacial score (nSPS) is 11.0. The third-order valence-corrected chi connectivity index (χ3v) is 5.28. The minimum atomic E-state index is -0.617. The summed E-state index contributed by atoms with van der Waals surface area (Å²) in [5, 5.41) is 5.20. The minimum absolute atomic E-state index is 0.0279. The Hall–Kier alpha value is -3.40. The van der Waals surface area contributed by atoms with Gasteiger partial charge in [0.25, 0.3) is 5.56 Å². The highest BCUT2D eigenvalue weighted by Crippen LogP contribution is 2.21. The molecule has 10 nitrogen and oxygen atoms in total. The Morgan fingerprint density at radius 1 is 1.03 bits per heavy atom. The lowest BCUT2D eigenvalue weighted by Crippen LogP contribution is -2.38. The van der Waals surface area contributed by atoms with Crippen LogP contribution in [0.2, 0.25) is 5.28 Å². The highest BCUT2D eigenvalue weighted by Gasteiger charge is 2.20. The number of rotatable bonds is 5. The van der Waals surface area contributed by atoms with Crippen LogP contribution in [0, 0.1) is 20.8 Å². The lowest BCUT2D eigenvalue weighted by atomic mass is 10.1.